The van der Waals surface area contributed by atoms with Crippen LogP contribution in [-0.4, -0.2) is 28.1 Å². The van der Waals surface area contributed by atoms with E-state index in [2.05, 4.69) is 9.53 Å². The van der Waals surface area contributed by atoms with Gasteiger partial charge in [-0.2, -0.15) is 4.79 Å². The molecule has 0 spiro atoms. The van der Waals surface area contributed by atoms with E-state index in [1.54, 1.807) is 0 Å². The van der Waals surface area contributed by atoms with E-state index >= 15 is 0 Å². The molecule has 0 aliphatic heterocycles. The number of fused-ring (bicyclic) bond motifs is 1. The Kier molecular flexibility index (Phi) is 3.26. The number of carbonyl (C=O) groups is 1. The van der Waals surface area contributed by atoms with E-state index in [1.807, 2.05) is 42.0 Å². The first kappa shape index (κ1) is 12.1. The third-order valence-electron chi connectivity index (χ3n) is 2.85. The lowest BCUT2D eigenvalue weighted by atomic mass is 10.2. The van der Waals surface area contributed by atoms with Gasteiger partial charge in [0, 0.05) is 17.1 Å². The number of carbonyl (C=O) groups excluding carboxylic acids is 1. The van der Waals surface area contributed by atoms with Crippen LogP contribution >= 0.6 is 0 Å². The third kappa shape index (κ3) is 2.04. The molecule has 0 radical (unpaired) electrons. The van der Waals surface area contributed by atoms with Crippen LogP contribution in [0, 0.1) is 6.92 Å². The van der Waals surface area contributed by atoms with Gasteiger partial charge in [0.1, 0.15) is 6.54 Å². The zero-order valence-electron chi connectivity index (χ0n) is 10.3. The SMILES string of the molecule is COC(=O)C(Cn1cc(C)c2ccccc21)=[N+]=[N-]. The molecule has 0 unspecified atom stereocenters. The van der Waals surface area contributed by atoms with E-state index in [0.717, 1.165) is 16.5 Å². The van der Waals surface area contributed by atoms with E-state index in [4.69, 9.17) is 5.53 Å². The van der Waals surface area contributed by atoms with Gasteiger partial charge < -0.3 is 14.8 Å². The van der Waals surface area contributed by atoms with Crippen LogP contribution in [-0.2, 0) is 16.1 Å². The van der Waals surface area contributed by atoms with Crippen LogP contribution < -0.4 is 0 Å². The quantitative estimate of drug-likeness (QED) is 0.357. The average molecular weight is 243 g/mol. The van der Waals surface area contributed by atoms with Crippen molar-refractivity contribution in [2.24, 2.45) is 0 Å². The topological polar surface area (TPSA) is 67.6 Å². The zero-order chi connectivity index (χ0) is 13.1. The summed E-state index contributed by atoms with van der Waals surface area (Å²) >= 11 is 0. The van der Waals surface area contributed by atoms with Crippen LogP contribution in [0.15, 0.2) is 30.5 Å². The summed E-state index contributed by atoms with van der Waals surface area (Å²) in [6, 6.07) is 7.84. The fraction of sp³-hybridized carbons (Fsp3) is 0.231. The molecule has 1 aromatic heterocycles. The van der Waals surface area contributed by atoms with E-state index < -0.39 is 5.97 Å². The maximum atomic E-state index is 11.4. The van der Waals surface area contributed by atoms with E-state index in [0.29, 0.717) is 0 Å². The van der Waals surface area contributed by atoms with Crippen molar-refractivity contribution < 1.29 is 14.3 Å². The minimum absolute atomic E-state index is 0.0294. The van der Waals surface area contributed by atoms with Crippen molar-refractivity contribution in [1.82, 2.24) is 4.57 Å². The molecule has 0 amide bonds. The standard InChI is InChI=1S/C13H13N3O2/c1-9-7-16(8-11(15-14)13(17)18-2)12-6-4-3-5-10(9)12/h3-7H,8H2,1-2H3. The Bertz CT molecular complexity index is 651. The molecule has 1 heterocycles. The fourth-order valence-corrected chi connectivity index (χ4v) is 1.98. The molecule has 1 aromatic carbocycles. The summed E-state index contributed by atoms with van der Waals surface area (Å²) in [5.74, 6) is -0.632. The summed E-state index contributed by atoms with van der Waals surface area (Å²) < 4.78 is 6.41. The average Bonchev–Trinajstić information content (AvgIpc) is 2.72. The Morgan fingerprint density at radius 3 is 2.83 bits per heavy atom. The van der Waals surface area contributed by atoms with Gasteiger partial charge >= 0.3 is 11.7 Å². The number of methoxy groups -OCH3 is 1. The van der Waals surface area contributed by atoms with Crippen LogP contribution in [0.2, 0.25) is 0 Å². The van der Waals surface area contributed by atoms with Crippen LogP contribution in [0.1, 0.15) is 5.56 Å². The van der Waals surface area contributed by atoms with Gasteiger partial charge in [-0.25, -0.2) is 4.79 Å². The molecule has 0 aliphatic carbocycles. The fourth-order valence-electron chi connectivity index (χ4n) is 1.98. The maximum Gasteiger partial charge on any atom is 0.418 e. The van der Waals surface area contributed by atoms with Crippen molar-refractivity contribution in [2.45, 2.75) is 13.5 Å². The molecule has 0 bridgehead atoms. The van der Waals surface area contributed by atoms with Gasteiger partial charge in [-0.3, -0.25) is 0 Å². The molecule has 2 rings (SSSR count). The maximum absolute atomic E-state index is 11.4. The van der Waals surface area contributed by atoms with Crippen molar-refractivity contribution in [3.05, 3.63) is 41.6 Å². The highest BCUT2D eigenvalue weighted by molar-refractivity contribution is 6.33. The second-order valence-corrected chi connectivity index (χ2v) is 4.00. The monoisotopic (exact) mass is 243 g/mol. The molecule has 0 aliphatic rings. The van der Waals surface area contributed by atoms with E-state index in [1.165, 1.54) is 7.11 Å². The van der Waals surface area contributed by atoms with Gasteiger partial charge in [-0.15, -0.1) is 0 Å². The highest BCUT2D eigenvalue weighted by Gasteiger charge is 2.22. The number of benzene rings is 1. The predicted molar refractivity (Wildman–Crippen MR) is 67.3 cm³/mol. The Labute approximate surface area is 104 Å². The highest BCUT2D eigenvalue weighted by atomic mass is 16.5. The molecule has 18 heavy (non-hydrogen) atoms. The zero-order valence-corrected chi connectivity index (χ0v) is 10.3. The molecule has 5 nitrogen and oxygen atoms in total. The van der Waals surface area contributed by atoms with Crippen LogP contribution in [0.25, 0.3) is 16.4 Å². The number of para-hydroxylation sites is 1. The molecule has 0 N–H and O–H groups in total. The molecule has 0 saturated heterocycles. The number of aryl methyl sites for hydroxylation is 1. The van der Waals surface area contributed by atoms with Crippen molar-refractivity contribution in [2.75, 3.05) is 7.11 Å². The summed E-state index contributed by atoms with van der Waals surface area (Å²) in [6.07, 6.45) is 1.92. The van der Waals surface area contributed by atoms with E-state index in [9.17, 15) is 4.79 Å². The van der Waals surface area contributed by atoms with Gasteiger partial charge in [0.15, 0.2) is 0 Å². The number of hydrogen-bond donors (Lipinski definition) is 0. The lowest BCUT2D eigenvalue weighted by Gasteiger charge is -2.00. The normalized spacial score (nSPS) is 10.1. The molecular weight excluding hydrogens is 230 g/mol. The number of rotatable bonds is 3. The predicted octanol–water partition coefficient (Wildman–Crippen LogP) is 1.79. The highest BCUT2D eigenvalue weighted by Crippen LogP contribution is 2.20. The molecule has 0 saturated carbocycles. The van der Waals surface area contributed by atoms with Gasteiger partial charge in [-0.05, 0) is 18.6 Å². The summed E-state index contributed by atoms with van der Waals surface area (Å²) in [7, 11) is 1.26. The molecule has 92 valence electrons. The summed E-state index contributed by atoms with van der Waals surface area (Å²) in [4.78, 5) is 14.4. The minimum Gasteiger partial charge on any atom is -0.460 e. The second kappa shape index (κ2) is 4.85. The lowest BCUT2D eigenvalue weighted by molar-refractivity contribution is -0.137. The number of ether oxygens (including phenoxy) is 1. The largest absolute Gasteiger partial charge is 0.460 e. The molecule has 0 atom stereocenters. The Balaban J connectivity index is 2.44. The number of esters is 1. The molecule has 2 aromatic rings. The van der Waals surface area contributed by atoms with Gasteiger partial charge in [0.05, 0.1) is 7.11 Å². The smallest absolute Gasteiger partial charge is 0.418 e. The first-order valence-corrected chi connectivity index (χ1v) is 5.51. The van der Waals surface area contributed by atoms with Crippen LogP contribution in [0.4, 0.5) is 0 Å². The van der Waals surface area contributed by atoms with Crippen molar-refractivity contribution in [1.29, 1.82) is 0 Å². The summed E-state index contributed by atoms with van der Waals surface area (Å²) in [5.41, 5.74) is 10.9. The van der Waals surface area contributed by atoms with E-state index in [-0.39, 0.29) is 12.3 Å². The molecular formula is C13H13N3O2. The molecule has 0 fully saturated rings. The summed E-state index contributed by atoms with van der Waals surface area (Å²) in [5, 5.41) is 1.11. The Morgan fingerprint density at radius 1 is 1.44 bits per heavy atom. The summed E-state index contributed by atoms with van der Waals surface area (Å²) in [6.45, 7) is 2.17. The van der Waals surface area contributed by atoms with Gasteiger partial charge in [0.25, 0.3) is 0 Å². The molecule has 5 heteroatoms. The Morgan fingerprint density at radius 2 is 2.17 bits per heavy atom. The lowest BCUT2D eigenvalue weighted by Crippen LogP contribution is -2.22. The van der Waals surface area contributed by atoms with Crippen LogP contribution in [0.3, 0.4) is 0 Å². The Hall–Kier alpha value is -2.39. The number of hydrogen-bond acceptors (Lipinski definition) is 2. The first-order chi connectivity index (χ1) is 8.67. The minimum atomic E-state index is -0.632. The van der Waals surface area contributed by atoms with Crippen molar-refractivity contribution in [3.63, 3.8) is 0 Å². The second-order valence-electron chi connectivity index (χ2n) is 4.00. The first-order valence-electron chi connectivity index (χ1n) is 5.51. The number of aromatic nitrogens is 1. The van der Waals surface area contributed by atoms with Crippen molar-refractivity contribution in [3.8, 4) is 0 Å². The van der Waals surface area contributed by atoms with Crippen LogP contribution in [0.5, 0.6) is 0 Å². The number of nitrogens with zero attached hydrogens (tertiary/aromatic N) is 3. The van der Waals surface area contributed by atoms with Gasteiger partial charge in [-0.1, -0.05) is 18.2 Å². The third-order valence-corrected chi connectivity index (χ3v) is 2.85. The van der Waals surface area contributed by atoms with Crippen molar-refractivity contribution >= 4 is 22.6 Å². The van der Waals surface area contributed by atoms with Gasteiger partial charge in [0.2, 0.25) is 0 Å².